The molecule has 3 amide bonds. The number of hydrogen-bond acceptors (Lipinski definition) is 6. The van der Waals surface area contributed by atoms with E-state index in [4.69, 9.17) is 63.6 Å². The van der Waals surface area contributed by atoms with Gasteiger partial charge in [0, 0.05) is 10.0 Å². The molecule has 0 bridgehead atoms. The van der Waals surface area contributed by atoms with Crippen LogP contribution in [0.3, 0.4) is 0 Å². The molecule has 0 unspecified atom stereocenters. The molecule has 2 aromatic carbocycles. The van der Waals surface area contributed by atoms with Gasteiger partial charge in [-0.25, -0.2) is 4.79 Å². The Morgan fingerprint density at radius 1 is 0.871 bits per heavy atom. The van der Waals surface area contributed by atoms with E-state index in [-0.39, 0.29) is 44.2 Å². The molecule has 166 valence electrons. The predicted molar refractivity (Wildman–Crippen MR) is 120 cm³/mol. The highest BCUT2D eigenvalue weighted by Gasteiger charge is 2.20. The summed E-state index contributed by atoms with van der Waals surface area (Å²) in [6.07, 6.45) is 0. The Bertz CT molecular complexity index is 1050. The minimum absolute atomic E-state index is 0.0149. The van der Waals surface area contributed by atoms with Crippen LogP contribution in [0.15, 0.2) is 24.3 Å². The van der Waals surface area contributed by atoms with Crippen molar-refractivity contribution in [1.29, 1.82) is 0 Å². The van der Waals surface area contributed by atoms with E-state index in [0.29, 0.717) is 5.02 Å². The number of carbonyl (C=O) groups excluding carboxylic acids is 4. The smallest absolute Gasteiger partial charge is 0.397 e. The van der Waals surface area contributed by atoms with Crippen molar-refractivity contribution in [3.8, 4) is 0 Å². The van der Waals surface area contributed by atoms with Gasteiger partial charge in [0.05, 0.1) is 39.2 Å². The van der Waals surface area contributed by atoms with E-state index >= 15 is 0 Å². The number of anilines is 2. The fourth-order valence-corrected chi connectivity index (χ4v) is 3.08. The summed E-state index contributed by atoms with van der Waals surface area (Å²) in [5.74, 6) is -3.64. The average molecular weight is 510 g/mol. The van der Waals surface area contributed by atoms with E-state index in [9.17, 15) is 19.2 Å². The van der Waals surface area contributed by atoms with Crippen LogP contribution in [0.2, 0.25) is 20.1 Å². The second kappa shape index (κ2) is 11.6. The standard InChI is InChI=1S/C11H10Cl2N2O4.C7H6Cl2N2O/c1-2-19-11(18)10(17)15-8-6(9(14)16)3-5(12)4-7(8)13;8-3-1-4(7(11)12)6(10)5(9)2-3/h3-4H,2H2,1H3,(H2,14,16)(H,15,17);1-2H,10H2,(H2,11,12). The van der Waals surface area contributed by atoms with Gasteiger partial charge in [0.25, 0.3) is 11.8 Å². The summed E-state index contributed by atoms with van der Waals surface area (Å²) >= 11 is 22.8. The van der Waals surface area contributed by atoms with E-state index in [1.807, 2.05) is 0 Å². The van der Waals surface area contributed by atoms with Crippen molar-refractivity contribution in [1.82, 2.24) is 0 Å². The third kappa shape index (κ3) is 7.48. The van der Waals surface area contributed by atoms with Crippen molar-refractivity contribution in [3.05, 3.63) is 55.5 Å². The molecule has 9 nitrogen and oxygen atoms in total. The third-order valence-electron chi connectivity index (χ3n) is 3.38. The SMILES string of the molecule is CCOC(=O)C(=O)Nc1c(Cl)cc(Cl)cc1C(N)=O.NC(=O)c1cc(Cl)cc(Cl)c1N. The van der Waals surface area contributed by atoms with E-state index in [1.54, 1.807) is 6.92 Å². The molecular formula is C18H16Cl4N4O5. The number of carbonyl (C=O) groups is 4. The molecule has 0 spiro atoms. The summed E-state index contributed by atoms with van der Waals surface area (Å²) in [6.45, 7) is 1.60. The normalized spacial score (nSPS) is 9.84. The second-order valence-electron chi connectivity index (χ2n) is 5.56. The summed E-state index contributed by atoms with van der Waals surface area (Å²) in [7, 11) is 0. The maximum Gasteiger partial charge on any atom is 0.397 e. The molecular weight excluding hydrogens is 494 g/mol. The first-order valence-electron chi connectivity index (χ1n) is 8.20. The number of halogens is 4. The van der Waals surface area contributed by atoms with Crippen LogP contribution in [0.1, 0.15) is 27.6 Å². The van der Waals surface area contributed by atoms with Crippen molar-refractivity contribution in [3.63, 3.8) is 0 Å². The highest BCUT2D eigenvalue weighted by Crippen LogP contribution is 2.30. The zero-order chi connectivity index (χ0) is 23.9. The highest BCUT2D eigenvalue weighted by atomic mass is 35.5. The van der Waals surface area contributed by atoms with E-state index < -0.39 is 23.7 Å². The first-order chi connectivity index (χ1) is 14.4. The summed E-state index contributed by atoms with van der Waals surface area (Å²) in [5.41, 5.74) is 15.7. The van der Waals surface area contributed by atoms with E-state index in [0.717, 1.165) is 0 Å². The van der Waals surface area contributed by atoms with Crippen molar-refractivity contribution in [2.24, 2.45) is 11.5 Å². The second-order valence-corrected chi connectivity index (χ2v) is 7.25. The summed E-state index contributed by atoms with van der Waals surface area (Å²) < 4.78 is 4.50. The van der Waals surface area contributed by atoms with Gasteiger partial charge in [-0.05, 0) is 31.2 Å². The predicted octanol–water partition coefficient (Wildman–Crippen LogP) is 3.27. The van der Waals surface area contributed by atoms with Crippen molar-refractivity contribution in [2.75, 3.05) is 17.7 Å². The molecule has 0 aromatic heterocycles. The van der Waals surface area contributed by atoms with Gasteiger partial charge in [0.15, 0.2) is 0 Å². The number of ether oxygens (including phenoxy) is 1. The zero-order valence-corrected chi connectivity index (χ0v) is 18.8. The quantitative estimate of drug-likeness (QED) is 0.280. The Balaban J connectivity index is 0.000000343. The van der Waals surface area contributed by atoms with Crippen LogP contribution in [0, 0.1) is 0 Å². The number of hydrogen-bond donors (Lipinski definition) is 4. The lowest BCUT2D eigenvalue weighted by Gasteiger charge is -2.11. The maximum atomic E-state index is 11.5. The Hall–Kier alpha value is -2.72. The third-order valence-corrected chi connectivity index (χ3v) is 4.43. The Morgan fingerprint density at radius 3 is 1.84 bits per heavy atom. The van der Waals surface area contributed by atoms with Crippen LogP contribution in [0.25, 0.3) is 0 Å². The van der Waals surface area contributed by atoms with E-state index in [1.165, 1.54) is 24.3 Å². The molecule has 0 aliphatic heterocycles. The number of primary amides is 2. The minimum atomic E-state index is -1.09. The summed E-state index contributed by atoms with van der Waals surface area (Å²) in [6, 6.07) is 5.36. The number of rotatable bonds is 4. The van der Waals surface area contributed by atoms with Gasteiger partial charge in [-0.15, -0.1) is 0 Å². The maximum absolute atomic E-state index is 11.5. The van der Waals surface area contributed by atoms with Crippen LogP contribution in [0.5, 0.6) is 0 Å². The number of esters is 1. The van der Waals surface area contributed by atoms with Gasteiger partial charge >= 0.3 is 11.9 Å². The van der Waals surface area contributed by atoms with Gasteiger partial charge in [-0.2, -0.15) is 0 Å². The molecule has 0 saturated heterocycles. The van der Waals surface area contributed by atoms with Crippen LogP contribution in [-0.2, 0) is 14.3 Å². The Kier molecular flexibility index (Phi) is 9.86. The molecule has 0 radical (unpaired) electrons. The van der Waals surface area contributed by atoms with Crippen LogP contribution in [0.4, 0.5) is 11.4 Å². The zero-order valence-electron chi connectivity index (χ0n) is 15.8. The molecule has 2 aromatic rings. The van der Waals surface area contributed by atoms with Crippen molar-refractivity contribution < 1.29 is 23.9 Å². The first kappa shape index (κ1) is 26.3. The topological polar surface area (TPSA) is 168 Å². The Labute approximate surface area is 196 Å². The first-order valence-corrected chi connectivity index (χ1v) is 9.71. The fourth-order valence-electron chi connectivity index (χ4n) is 2.04. The number of nitrogens with one attached hydrogen (secondary N) is 1. The van der Waals surface area contributed by atoms with Crippen LogP contribution < -0.4 is 22.5 Å². The van der Waals surface area contributed by atoms with E-state index in [2.05, 4.69) is 10.1 Å². The Morgan fingerprint density at radius 2 is 1.35 bits per heavy atom. The fraction of sp³-hybridized carbons (Fsp3) is 0.111. The largest absolute Gasteiger partial charge is 0.459 e. The monoisotopic (exact) mass is 508 g/mol. The van der Waals surface area contributed by atoms with Gasteiger partial charge in [-0.3, -0.25) is 14.4 Å². The lowest BCUT2D eigenvalue weighted by atomic mass is 10.1. The lowest BCUT2D eigenvalue weighted by molar-refractivity contribution is -0.152. The molecule has 0 fully saturated rings. The van der Waals surface area contributed by atoms with Crippen molar-refractivity contribution >= 4 is 81.5 Å². The van der Waals surface area contributed by atoms with Gasteiger partial charge < -0.3 is 27.3 Å². The molecule has 0 heterocycles. The average Bonchev–Trinajstić information content (AvgIpc) is 2.66. The molecule has 0 atom stereocenters. The number of nitrogens with two attached hydrogens (primary N) is 3. The highest BCUT2D eigenvalue weighted by molar-refractivity contribution is 6.41. The summed E-state index contributed by atoms with van der Waals surface area (Å²) in [5, 5.41) is 2.89. The van der Waals surface area contributed by atoms with Gasteiger partial charge in [-0.1, -0.05) is 46.4 Å². The molecule has 31 heavy (non-hydrogen) atoms. The molecule has 0 saturated carbocycles. The number of benzene rings is 2. The van der Waals surface area contributed by atoms with Crippen LogP contribution in [-0.4, -0.2) is 30.3 Å². The minimum Gasteiger partial charge on any atom is -0.459 e. The van der Waals surface area contributed by atoms with Crippen molar-refractivity contribution in [2.45, 2.75) is 6.92 Å². The summed E-state index contributed by atoms with van der Waals surface area (Å²) in [4.78, 5) is 44.7. The van der Waals surface area contributed by atoms with Crippen LogP contribution >= 0.6 is 46.4 Å². The molecule has 0 aliphatic carbocycles. The van der Waals surface area contributed by atoms with Gasteiger partial charge in [0.1, 0.15) is 0 Å². The molecule has 13 heteroatoms. The van der Waals surface area contributed by atoms with Gasteiger partial charge in [0.2, 0.25) is 0 Å². The molecule has 7 N–H and O–H groups in total. The number of nitrogen functional groups attached to an aromatic ring is 1. The molecule has 2 rings (SSSR count). The number of amides is 3. The molecule has 0 aliphatic rings. The lowest BCUT2D eigenvalue weighted by Crippen LogP contribution is -2.27.